The maximum absolute atomic E-state index is 12.1. The smallest absolute Gasteiger partial charge is 0.252 e. The molecule has 0 unspecified atom stereocenters. The van der Waals surface area contributed by atoms with E-state index in [-0.39, 0.29) is 5.91 Å². The average molecular weight is 383 g/mol. The number of benzene rings is 2. The van der Waals surface area contributed by atoms with Crippen LogP contribution in [0.2, 0.25) is 0 Å². The van der Waals surface area contributed by atoms with Crippen molar-refractivity contribution in [3.05, 3.63) is 64.1 Å². The fraction of sp³-hybridized carbons (Fsp3) is 0.133. The normalized spacial score (nSPS) is 11.0. The van der Waals surface area contributed by atoms with Gasteiger partial charge < -0.3 is 5.32 Å². The zero-order chi connectivity index (χ0) is 16.2. The molecule has 2 aromatic rings. The molecule has 2 rings (SSSR count). The Labute approximate surface area is 137 Å². The Kier molecular flexibility index (Phi) is 5.20. The van der Waals surface area contributed by atoms with Crippen LogP contribution in [0.5, 0.6) is 0 Å². The first-order valence-electron chi connectivity index (χ1n) is 6.44. The lowest BCUT2D eigenvalue weighted by Gasteiger charge is -2.09. The summed E-state index contributed by atoms with van der Waals surface area (Å²) in [5.74, 6) is -0.200. The molecule has 7 heteroatoms. The van der Waals surface area contributed by atoms with Crippen LogP contribution in [0.15, 0.2) is 53.0 Å². The van der Waals surface area contributed by atoms with E-state index in [9.17, 15) is 13.2 Å². The van der Waals surface area contributed by atoms with Crippen LogP contribution < -0.4 is 10.0 Å². The highest BCUT2D eigenvalue weighted by molar-refractivity contribution is 9.10. The van der Waals surface area contributed by atoms with E-state index >= 15 is 0 Å². The lowest BCUT2D eigenvalue weighted by atomic mass is 10.2. The van der Waals surface area contributed by atoms with Gasteiger partial charge in [0.15, 0.2) is 0 Å². The van der Waals surface area contributed by atoms with Gasteiger partial charge in [0.1, 0.15) is 0 Å². The lowest BCUT2D eigenvalue weighted by Crippen LogP contribution is -2.23. The summed E-state index contributed by atoms with van der Waals surface area (Å²) in [7, 11) is -3.32. The van der Waals surface area contributed by atoms with E-state index in [1.807, 2.05) is 12.1 Å². The molecule has 2 aromatic carbocycles. The molecule has 0 aromatic heterocycles. The minimum Gasteiger partial charge on any atom is -0.348 e. The number of carbonyl (C=O) groups excluding carboxylic acids is 1. The molecule has 116 valence electrons. The molecule has 0 radical (unpaired) electrons. The van der Waals surface area contributed by atoms with Crippen molar-refractivity contribution in [2.45, 2.75) is 6.54 Å². The van der Waals surface area contributed by atoms with Gasteiger partial charge in [-0.05, 0) is 45.8 Å². The topological polar surface area (TPSA) is 75.3 Å². The quantitative estimate of drug-likeness (QED) is 0.834. The highest BCUT2D eigenvalue weighted by atomic mass is 79.9. The van der Waals surface area contributed by atoms with E-state index in [4.69, 9.17) is 0 Å². The summed E-state index contributed by atoms with van der Waals surface area (Å²) in [6, 6.07) is 14.0. The zero-order valence-electron chi connectivity index (χ0n) is 11.8. The van der Waals surface area contributed by atoms with Gasteiger partial charge in [-0.15, -0.1) is 0 Å². The standard InChI is InChI=1S/C15H15BrN2O3S/c1-22(20,21)18-12-6-4-5-11(9-12)10-17-15(19)13-7-2-3-8-14(13)16/h2-9,18H,10H2,1H3,(H,17,19). The van der Waals surface area contributed by atoms with Crippen LogP contribution in [0.25, 0.3) is 0 Å². The second-order valence-electron chi connectivity index (χ2n) is 4.74. The van der Waals surface area contributed by atoms with Crippen molar-refractivity contribution in [1.29, 1.82) is 0 Å². The van der Waals surface area contributed by atoms with Crippen LogP contribution >= 0.6 is 15.9 Å². The van der Waals surface area contributed by atoms with Crippen LogP contribution in [-0.2, 0) is 16.6 Å². The summed E-state index contributed by atoms with van der Waals surface area (Å²) in [5, 5.41) is 2.80. The van der Waals surface area contributed by atoms with Gasteiger partial charge in [0.05, 0.1) is 11.8 Å². The molecule has 0 saturated carbocycles. The highest BCUT2D eigenvalue weighted by Gasteiger charge is 2.09. The number of amides is 1. The van der Waals surface area contributed by atoms with E-state index < -0.39 is 10.0 Å². The third-order valence-corrected chi connectivity index (χ3v) is 4.10. The number of nitrogens with one attached hydrogen (secondary N) is 2. The van der Waals surface area contributed by atoms with Crippen molar-refractivity contribution >= 4 is 37.5 Å². The molecule has 0 heterocycles. The van der Waals surface area contributed by atoms with E-state index in [1.54, 1.807) is 36.4 Å². The van der Waals surface area contributed by atoms with E-state index in [0.29, 0.717) is 17.8 Å². The first-order chi connectivity index (χ1) is 10.3. The Morgan fingerprint density at radius 1 is 1.14 bits per heavy atom. The molecule has 1 amide bonds. The van der Waals surface area contributed by atoms with Crippen LogP contribution in [0.1, 0.15) is 15.9 Å². The Morgan fingerprint density at radius 3 is 2.55 bits per heavy atom. The van der Waals surface area contributed by atoms with Crippen molar-refractivity contribution in [2.75, 3.05) is 11.0 Å². The molecule has 0 bridgehead atoms. The predicted molar refractivity (Wildman–Crippen MR) is 90.2 cm³/mol. The summed E-state index contributed by atoms with van der Waals surface area (Å²) in [4.78, 5) is 12.1. The average Bonchev–Trinajstić information content (AvgIpc) is 2.44. The predicted octanol–water partition coefficient (Wildman–Crippen LogP) is 2.75. The van der Waals surface area contributed by atoms with E-state index in [0.717, 1.165) is 16.3 Å². The molecule has 22 heavy (non-hydrogen) atoms. The summed E-state index contributed by atoms with van der Waals surface area (Å²) < 4.78 is 25.6. The SMILES string of the molecule is CS(=O)(=O)Nc1cccc(CNC(=O)c2ccccc2Br)c1. The minimum atomic E-state index is -3.32. The minimum absolute atomic E-state index is 0.200. The molecule has 0 spiro atoms. The van der Waals surface area contributed by atoms with Gasteiger partial charge in [-0.1, -0.05) is 24.3 Å². The van der Waals surface area contributed by atoms with Crippen LogP contribution in [0.3, 0.4) is 0 Å². The van der Waals surface area contributed by atoms with Crippen molar-refractivity contribution < 1.29 is 13.2 Å². The summed E-state index contributed by atoms with van der Waals surface area (Å²) in [6.07, 6.45) is 1.09. The molecule has 0 aliphatic heterocycles. The van der Waals surface area contributed by atoms with Gasteiger partial charge in [0, 0.05) is 16.7 Å². The Hall–Kier alpha value is -1.86. The molecule has 0 saturated heterocycles. The third-order valence-electron chi connectivity index (χ3n) is 2.80. The van der Waals surface area contributed by atoms with Gasteiger partial charge in [0.2, 0.25) is 10.0 Å². The van der Waals surface area contributed by atoms with Crippen molar-refractivity contribution in [3.8, 4) is 0 Å². The van der Waals surface area contributed by atoms with Crippen LogP contribution in [0.4, 0.5) is 5.69 Å². The molecule has 2 N–H and O–H groups in total. The van der Waals surface area contributed by atoms with Crippen molar-refractivity contribution in [3.63, 3.8) is 0 Å². The molecular weight excluding hydrogens is 368 g/mol. The third kappa shape index (κ3) is 4.85. The number of anilines is 1. The van der Waals surface area contributed by atoms with Gasteiger partial charge >= 0.3 is 0 Å². The second kappa shape index (κ2) is 6.93. The first kappa shape index (κ1) is 16.5. The molecule has 0 aliphatic carbocycles. The highest BCUT2D eigenvalue weighted by Crippen LogP contribution is 2.16. The Balaban J connectivity index is 2.04. The number of rotatable bonds is 5. The maximum atomic E-state index is 12.1. The summed E-state index contributed by atoms with van der Waals surface area (Å²) in [6.45, 7) is 0.305. The van der Waals surface area contributed by atoms with Gasteiger partial charge in [-0.25, -0.2) is 8.42 Å². The first-order valence-corrected chi connectivity index (χ1v) is 9.13. The van der Waals surface area contributed by atoms with Crippen LogP contribution in [-0.4, -0.2) is 20.6 Å². The zero-order valence-corrected chi connectivity index (χ0v) is 14.2. The summed E-state index contributed by atoms with van der Waals surface area (Å²) >= 11 is 3.33. The van der Waals surface area contributed by atoms with E-state index in [2.05, 4.69) is 26.0 Å². The number of hydrogen-bond acceptors (Lipinski definition) is 3. The Morgan fingerprint density at radius 2 is 1.86 bits per heavy atom. The molecule has 0 aliphatic rings. The van der Waals surface area contributed by atoms with Crippen molar-refractivity contribution in [2.24, 2.45) is 0 Å². The molecule has 0 fully saturated rings. The Bertz CT molecular complexity index is 791. The fourth-order valence-corrected chi connectivity index (χ4v) is 2.90. The molecular formula is C15H15BrN2O3S. The second-order valence-corrected chi connectivity index (χ2v) is 7.34. The van der Waals surface area contributed by atoms with Crippen molar-refractivity contribution in [1.82, 2.24) is 5.32 Å². The van der Waals surface area contributed by atoms with Crippen LogP contribution in [0, 0.1) is 0 Å². The fourth-order valence-electron chi connectivity index (χ4n) is 1.88. The maximum Gasteiger partial charge on any atom is 0.252 e. The van der Waals surface area contributed by atoms with Gasteiger partial charge in [0.25, 0.3) is 5.91 Å². The molecule has 0 atom stereocenters. The number of sulfonamides is 1. The monoisotopic (exact) mass is 382 g/mol. The summed E-state index contributed by atoms with van der Waals surface area (Å²) in [5.41, 5.74) is 1.82. The number of halogens is 1. The lowest BCUT2D eigenvalue weighted by molar-refractivity contribution is 0.0950. The van der Waals surface area contributed by atoms with E-state index in [1.165, 1.54) is 0 Å². The molecule has 5 nitrogen and oxygen atoms in total. The number of hydrogen-bond donors (Lipinski definition) is 2. The van der Waals surface area contributed by atoms with Gasteiger partial charge in [-0.2, -0.15) is 0 Å². The number of carbonyl (C=O) groups is 1. The van der Waals surface area contributed by atoms with Gasteiger partial charge in [-0.3, -0.25) is 9.52 Å². The largest absolute Gasteiger partial charge is 0.348 e.